The first-order valence-electron chi connectivity index (χ1n) is 8.19. The highest BCUT2D eigenvalue weighted by Gasteiger charge is 2.25. The first-order valence-corrected chi connectivity index (χ1v) is 8.19. The molecule has 0 saturated carbocycles. The number of anilines is 1. The maximum Gasteiger partial charge on any atom is 0.262 e. The summed E-state index contributed by atoms with van der Waals surface area (Å²) in [6.45, 7) is 0.981. The lowest BCUT2D eigenvalue weighted by atomic mass is 10.1. The lowest BCUT2D eigenvalue weighted by molar-refractivity contribution is -0.127. The van der Waals surface area contributed by atoms with Crippen LogP contribution in [0.25, 0.3) is 0 Å². The van der Waals surface area contributed by atoms with Gasteiger partial charge in [0.2, 0.25) is 0 Å². The zero-order chi connectivity index (χ0) is 17.6. The van der Waals surface area contributed by atoms with Crippen molar-refractivity contribution >= 4 is 11.6 Å². The van der Waals surface area contributed by atoms with Crippen LogP contribution in [0.1, 0.15) is 5.56 Å². The maximum atomic E-state index is 12.3. The van der Waals surface area contributed by atoms with Crippen LogP contribution in [0.3, 0.4) is 0 Å². The largest absolute Gasteiger partial charge is 0.493 e. The Bertz CT molecular complexity index is 748. The quantitative estimate of drug-likeness (QED) is 0.843. The minimum Gasteiger partial charge on any atom is -0.493 e. The Balaban J connectivity index is 1.52. The van der Waals surface area contributed by atoms with E-state index >= 15 is 0 Å². The predicted octanol–water partition coefficient (Wildman–Crippen LogP) is 2.24. The molecule has 0 aromatic heterocycles. The van der Waals surface area contributed by atoms with Crippen LogP contribution in [0.2, 0.25) is 0 Å². The van der Waals surface area contributed by atoms with E-state index in [1.807, 2.05) is 42.5 Å². The van der Waals surface area contributed by atoms with Crippen LogP contribution in [0.15, 0.2) is 42.5 Å². The van der Waals surface area contributed by atoms with Gasteiger partial charge in [0.05, 0.1) is 26.5 Å². The second-order valence-electron chi connectivity index (χ2n) is 5.71. The third kappa shape index (κ3) is 3.96. The Labute approximate surface area is 147 Å². The normalized spacial score (nSPS) is 15.4. The van der Waals surface area contributed by atoms with Gasteiger partial charge in [0.25, 0.3) is 5.91 Å². The summed E-state index contributed by atoms with van der Waals surface area (Å²) >= 11 is 0. The summed E-state index contributed by atoms with van der Waals surface area (Å²) < 4.78 is 16.3. The van der Waals surface area contributed by atoms with E-state index in [0.29, 0.717) is 36.8 Å². The van der Waals surface area contributed by atoms with Crippen molar-refractivity contribution in [3.8, 4) is 17.2 Å². The zero-order valence-electron chi connectivity index (χ0n) is 14.4. The fraction of sp³-hybridized carbons (Fsp3) is 0.316. The summed E-state index contributed by atoms with van der Waals surface area (Å²) in [6.07, 6.45) is 0.170. The molecule has 6 nitrogen and oxygen atoms in total. The molecule has 6 heteroatoms. The highest BCUT2D eigenvalue weighted by molar-refractivity contribution is 5.83. The molecule has 1 aliphatic heterocycles. The lowest BCUT2D eigenvalue weighted by Gasteiger charge is -2.26. The van der Waals surface area contributed by atoms with Gasteiger partial charge in [-0.15, -0.1) is 0 Å². The van der Waals surface area contributed by atoms with Crippen molar-refractivity contribution < 1.29 is 19.0 Å². The van der Waals surface area contributed by atoms with Gasteiger partial charge in [-0.05, 0) is 36.2 Å². The van der Waals surface area contributed by atoms with Gasteiger partial charge in [0.1, 0.15) is 5.75 Å². The molecule has 0 spiro atoms. The fourth-order valence-corrected chi connectivity index (χ4v) is 2.74. The smallest absolute Gasteiger partial charge is 0.262 e. The van der Waals surface area contributed by atoms with Crippen LogP contribution in [0.5, 0.6) is 17.2 Å². The summed E-state index contributed by atoms with van der Waals surface area (Å²) in [7, 11) is 3.21. The van der Waals surface area contributed by atoms with E-state index in [1.165, 1.54) is 0 Å². The fourth-order valence-electron chi connectivity index (χ4n) is 2.74. The van der Waals surface area contributed by atoms with Gasteiger partial charge in [-0.25, -0.2) is 0 Å². The van der Waals surface area contributed by atoms with Gasteiger partial charge < -0.3 is 24.8 Å². The predicted molar refractivity (Wildman–Crippen MR) is 95.6 cm³/mol. The van der Waals surface area contributed by atoms with Crippen LogP contribution < -0.4 is 24.8 Å². The molecule has 2 aromatic carbocycles. The van der Waals surface area contributed by atoms with Crippen molar-refractivity contribution in [3.63, 3.8) is 0 Å². The Morgan fingerprint density at radius 1 is 1.20 bits per heavy atom. The molecule has 1 atom stereocenters. The summed E-state index contributed by atoms with van der Waals surface area (Å²) in [5, 5.41) is 6.13. The van der Waals surface area contributed by atoms with Crippen LogP contribution in [-0.4, -0.2) is 39.3 Å². The number of nitrogens with one attached hydrogen (secondary N) is 2. The van der Waals surface area contributed by atoms with Gasteiger partial charge in [-0.2, -0.15) is 0 Å². The molecule has 0 saturated heterocycles. The molecule has 0 fully saturated rings. The first kappa shape index (κ1) is 17.0. The summed E-state index contributed by atoms with van der Waals surface area (Å²) in [5.74, 6) is 1.95. The van der Waals surface area contributed by atoms with E-state index in [9.17, 15) is 4.79 Å². The minimum absolute atomic E-state index is 0.123. The molecule has 0 radical (unpaired) electrons. The molecule has 1 heterocycles. The molecular weight excluding hydrogens is 320 g/mol. The Hall–Kier alpha value is -2.89. The minimum atomic E-state index is -0.527. The number of hydrogen-bond donors (Lipinski definition) is 2. The van der Waals surface area contributed by atoms with Gasteiger partial charge in [-0.3, -0.25) is 4.79 Å². The first-order chi connectivity index (χ1) is 12.2. The van der Waals surface area contributed by atoms with E-state index < -0.39 is 6.10 Å². The molecule has 2 aromatic rings. The molecule has 0 aliphatic carbocycles. The number of ether oxygens (including phenoxy) is 3. The highest BCUT2D eigenvalue weighted by atomic mass is 16.5. The van der Waals surface area contributed by atoms with Crippen LogP contribution >= 0.6 is 0 Å². The number of carbonyl (C=O) groups is 1. The van der Waals surface area contributed by atoms with Crippen molar-refractivity contribution in [3.05, 3.63) is 48.0 Å². The zero-order valence-corrected chi connectivity index (χ0v) is 14.4. The van der Waals surface area contributed by atoms with E-state index in [-0.39, 0.29) is 5.91 Å². The van der Waals surface area contributed by atoms with Crippen molar-refractivity contribution in [2.45, 2.75) is 12.5 Å². The Kier molecular flexibility index (Phi) is 5.28. The van der Waals surface area contributed by atoms with Gasteiger partial charge >= 0.3 is 0 Å². The second-order valence-corrected chi connectivity index (χ2v) is 5.71. The molecule has 1 aliphatic rings. The SMILES string of the molecule is COc1ccc(CCNC(=O)C2CNc3ccccc3O2)cc1OC. The van der Waals surface area contributed by atoms with Crippen LogP contribution in [0, 0.1) is 0 Å². The number of fused-ring (bicyclic) bond motifs is 1. The monoisotopic (exact) mass is 342 g/mol. The molecular formula is C19H22N2O4. The lowest BCUT2D eigenvalue weighted by Crippen LogP contribution is -2.45. The third-order valence-corrected chi connectivity index (χ3v) is 4.09. The van der Waals surface area contributed by atoms with Crippen molar-refractivity contribution in [1.82, 2.24) is 5.32 Å². The number of para-hydroxylation sites is 2. The van der Waals surface area contributed by atoms with Crippen molar-refractivity contribution in [2.24, 2.45) is 0 Å². The molecule has 1 unspecified atom stereocenters. The standard InChI is InChI=1S/C19H22N2O4/c1-23-16-8-7-13(11-17(16)24-2)9-10-20-19(22)18-12-21-14-5-3-4-6-15(14)25-18/h3-8,11,18,21H,9-10,12H2,1-2H3,(H,20,22). The molecule has 25 heavy (non-hydrogen) atoms. The number of amides is 1. The van der Waals surface area contributed by atoms with Crippen LogP contribution in [0.4, 0.5) is 5.69 Å². The summed E-state index contributed by atoms with van der Waals surface area (Å²) in [6, 6.07) is 13.3. The van der Waals surface area contributed by atoms with Crippen molar-refractivity contribution in [2.75, 3.05) is 32.6 Å². The molecule has 2 N–H and O–H groups in total. The second kappa shape index (κ2) is 7.79. The number of rotatable bonds is 6. The molecule has 3 rings (SSSR count). The van der Waals surface area contributed by atoms with Crippen LogP contribution in [-0.2, 0) is 11.2 Å². The number of methoxy groups -OCH3 is 2. The van der Waals surface area contributed by atoms with Gasteiger partial charge in [0, 0.05) is 6.54 Å². The molecule has 132 valence electrons. The summed E-state index contributed by atoms with van der Waals surface area (Å²) in [4.78, 5) is 12.3. The van der Waals surface area contributed by atoms with Gasteiger partial charge in [0.15, 0.2) is 17.6 Å². The molecule has 1 amide bonds. The topological polar surface area (TPSA) is 68.8 Å². The van der Waals surface area contributed by atoms with E-state index in [2.05, 4.69) is 10.6 Å². The maximum absolute atomic E-state index is 12.3. The number of hydrogen-bond acceptors (Lipinski definition) is 5. The number of carbonyl (C=O) groups excluding carboxylic acids is 1. The number of benzene rings is 2. The Morgan fingerprint density at radius 2 is 2.00 bits per heavy atom. The average molecular weight is 342 g/mol. The van der Waals surface area contributed by atoms with Crippen molar-refractivity contribution in [1.29, 1.82) is 0 Å². The molecule has 0 bridgehead atoms. The summed E-state index contributed by atoms with van der Waals surface area (Å²) in [5.41, 5.74) is 1.97. The Morgan fingerprint density at radius 3 is 2.80 bits per heavy atom. The third-order valence-electron chi connectivity index (χ3n) is 4.09. The van der Waals surface area contributed by atoms with E-state index in [1.54, 1.807) is 14.2 Å². The van der Waals surface area contributed by atoms with E-state index in [0.717, 1.165) is 11.3 Å². The van der Waals surface area contributed by atoms with Gasteiger partial charge in [-0.1, -0.05) is 18.2 Å². The highest BCUT2D eigenvalue weighted by Crippen LogP contribution is 2.28. The average Bonchev–Trinajstić information content (AvgIpc) is 2.67. The van der Waals surface area contributed by atoms with E-state index in [4.69, 9.17) is 14.2 Å².